The van der Waals surface area contributed by atoms with Gasteiger partial charge in [0.05, 0.1) is 24.2 Å². The summed E-state index contributed by atoms with van der Waals surface area (Å²) in [5.41, 5.74) is 4.69. The lowest BCUT2D eigenvalue weighted by Gasteiger charge is -2.27. The van der Waals surface area contributed by atoms with Gasteiger partial charge >= 0.3 is 0 Å². The number of rotatable bonds is 8. The first-order valence-corrected chi connectivity index (χ1v) is 7.61. The normalized spacial score (nSPS) is 25.4. The van der Waals surface area contributed by atoms with E-state index >= 15 is 0 Å². The Morgan fingerprint density at radius 1 is 1.40 bits per heavy atom. The third-order valence-corrected chi connectivity index (χ3v) is 4.10. The SMILES string of the molecule is CC1CCC(OCC(O)CNCC(C)(C)C(N)=O)CC1. The summed E-state index contributed by atoms with van der Waals surface area (Å²) in [5, 5.41) is 12.9. The summed E-state index contributed by atoms with van der Waals surface area (Å²) in [6.07, 6.45) is 4.37. The van der Waals surface area contributed by atoms with Crippen molar-refractivity contribution in [1.82, 2.24) is 5.32 Å². The van der Waals surface area contributed by atoms with Crippen molar-refractivity contribution >= 4 is 5.91 Å². The quantitative estimate of drug-likeness (QED) is 0.622. The van der Waals surface area contributed by atoms with Gasteiger partial charge in [0.25, 0.3) is 0 Å². The van der Waals surface area contributed by atoms with Crippen LogP contribution in [0.2, 0.25) is 0 Å². The fraction of sp³-hybridized carbons (Fsp3) is 0.933. The standard InChI is InChI=1S/C15H30N2O3/c1-11-4-6-13(7-5-11)20-9-12(18)8-17-10-15(2,3)14(16)19/h11-13,17-18H,4-10H2,1-3H3,(H2,16,19). The Bertz CT molecular complexity index is 299. The monoisotopic (exact) mass is 286 g/mol. The van der Waals surface area contributed by atoms with Crippen LogP contribution in [-0.2, 0) is 9.53 Å². The first kappa shape index (κ1) is 17.4. The Hall–Kier alpha value is -0.650. The van der Waals surface area contributed by atoms with Gasteiger partial charge in [-0.3, -0.25) is 4.79 Å². The molecule has 0 saturated heterocycles. The zero-order valence-corrected chi connectivity index (χ0v) is 13.0. The number of hydrogen-bond donors (Lipinski definition) is 3. The molecule has 20 heavy (non-hydrogen) atoms. The van der Waals surface area contributed by atoms with Crippen LogP contribution < -0.4 is 11.1 Å². The average molecular weight is 286 g/mol. The third kappa shape index (κ3) is 6.20. The van der Waals surface area contributed by atoms with Crippen molar-refractivity contribution in [2.24, 2.45) is 17.1 Å². The van der Waals surface area contributed by atoms with E-state index < -0.39 is 11.5 Å². The number of amides is 1. The fourth-order valence-corrected chi connectivity index (χ4v) is 2.34. The predicted molar refractivity (Wildman–Crippen MR) is 79.2 cm³/mol. The molecule has 0 heterocycles. The number of ether oxygens (including phenoxy) is 1. The van der Waals surface area contributed by atoms with Crippen LogP contribution in [0.25, 0.3) is 0 Å². The molecule has 0 aromatic rings. The smallest absolute Gasteiger partial charge is 0.224 e. The van der Waals surface area contributed by atoms with E-state index in [-0.39, 0.29) is 5.91 Å². The fourth-order valence-electron chi connectivity index (χ4n) is 2.34. The van der Waals surface area contributed by atoms with Crippen LogP contribution in [0.15, 0.2) is 0 Å². The molecule has 1 unspecified atom stereocenters. The van der Waals surface area contributed by atoms with Crippen LogP contribution in [0, 0.1) is 11.3 Å². The largest absolute Gasteiger partial charge is 0.389 e. The van der Waals surface area contributed by atoms with Crippen molar-refractivity contribution in [3.63, 3.8) is 0 Å². The van der Waals surface area contributed by atoms with Crippen molar-refractivity contribution in [3.05, 3.63) is 0 Å². The van der Waals surface area contributed by atoms with Gasteiger partial charge in [0, 0.05) is 13.1 Å². The second kappa shape index (κ2) is 7.96. The Kier molecular flexibility index (Phi) is 6.92. The summed E-state index contributed by atoms with van der Waals surface area (Å²) in [6, 6.07) is 0. The molecule has 0 aliphatic heterocycles. The Morgan fingerprint density at radius 3 is 2.55 bits per heavy atom. The highest BCUT2D eigenvalue weighted by Gasteiger charge is 2.24. The topological polar surface area (TPSA) is 84.6 Å². The maximum atomic E-state index is 11.2. The summed E-state index contributed by atoms with van der Waals surface area (Å²) in [5.74, 6) is 0.463. The predicted octanol–water partition coefficient (Wildman–Crippen LogP) is 1.04. The van der Waals surface area contributed by atoms with Crippen LogP contribution >= 0.6 is 0 Å². The molecule has 1 aliphatic carbocycles. The highest BCUT2D eigenvalue weighted by molar-refractivity contribution is 5.80. The van der Waals surface area contributed by atoms with Gasteiger partial charge in [-0.05, 0) is 45.4 Å². The molecule has 1 amide bonds. The van der Waals surface area contributed by atoms with E-state index in [9.17, 15) is 9.90 Å². The van der Waals surface area contributed by atoms with Crippen LogP contribution in [-0.4, -0.2) is 42.9 Å². The molecule has 0 radical (unpaired) electrons. The highest BCUT2D eigenvalue weighted by Crippen LogP contribution is 2.25. The number of carbonyl (C=O) groups is 1. The zero-order valence-electron chi connectivity index (χ0n) is 13.0. The molecule has 0 bridgehead atoms. The van der Waals surface area contributed by atoms with E-state index in [0.717, 1.165) is 18.8 Å². The molecule has 0 aromatic heterocycles. The molecule has 1 aliphatic rings. The van der Waals surface area contributed by atoms with E-state index in [1.54, 1.807) is 13.8 Å². The van der Waals surface area contributed by atoms with Crippen molar-refractivity contribution < 1.29 is 14.6 Å². The summed E-state index contributed by atoms with van der Waals surface area (Å²) in [6.45, 7) is 7.07. The van der Waals surface area contributed by atoms with Crippen LogP contribution in [0.5, 0.6) is 0 Å². The van der Waals surface area contributed by atoms with Gasteiger partial charge in [0.2, 0.25) is 5.91 Å². The Labute approximate surface area is 122 Å². The summed E-state index contributed by atoms with van der Waals surface area (Å²) >= 11 is 0. The first-order chi connectivity index (χ1) is 9.31. The first-order valence-electron chi connectivity index (χ1n) is 7.61. The van der Waals surface area contributed by atoms with Gasteiger partial charge in [-0.1, -0.05) is 6.92 Å². The van der Waals surface area contributed by atoms with Gasteiger partial charge in [0.1, 0.15) is 0 Å². The van der Waals surface area contributed by atoms with Gasteiger partial charge in [-0.15, -0.1) is 0 Å². The molecule has 118 valence electrons. The average Bonchev–Trinajstić information content (AvgIpc) is 2.37. The second-order valence-corrected chi connectivity index (χ2v) is 6.75. The number of nitrogens with one attached hydrogen (secondary N) is 1. The van der Waals surface area contributed by atoms with Gasteiger partial charge in [0.15, 0.2) is 0 Å². The minimum Gasteiger partial charge on any atom is -0.389 e. The van der Waals surface area contributed by atoms with E-state index in [2.05, 4.69) is 12.2 Å². The molecule has 1 rings (SSSR count). The number of hydrogen-bond acceptors (Lipinski definition) is 4. The molecule has 5 heteroatoms. The van der Waals surface area contributed by atoms with Gasteiger partial charge < -0.3 is 20.9 Å². The zero-order chi connectivity index (χ0) is 15.2. The minimum absolute atomic E-state index is 0.294. The molecule has 0 aromatic carbocycles. The molecule has 1 atom stereocenters. The van der Waals surface area contributed by atoms with Crippen LogP contribution in [0.4, 0.5) is 0 Å². The minimum atomic E-state index is -0.597. The van der Waals surface area contributed by atoms with Crippen LogP contribution in [0.3, 0.4) is 0 Å². The lowest BCUT2D eigenvalue weighted by molar-refractivity contribution is -0.125. The van der Waals surface area contributed by atoms with E-state index in [0.29, 0.717) is 25.8 Å². The molecular weight excluding hydrogens is 256 g/mol. The summed E-state index contributed by atoms with van der Waals surface area (Å²) in [4.78, 5) is 11.2. The molecule has 1 fully saturated rings. The lowest BCUT2D eigenvalue weighted by Crippen LogP contribution is -2.43. The van der Waals surface area contributed by atoms with E-state index in [4.69, 9.17) is 10.5 Å². The summed E-state index contributed by atoms with van der Waals surface area (Å²) in [7, 11) is 0. The molecule has 4 N–H and O–H groups in total. The van der Waals surface area contributed by atoms with Gasteiger partial charge in [-0.25, -0.2) is 0 Å². The number of primary amides is 1. The van der Waals surface area contributed by atoms with E-state index in [1.807, 2.05) is 0 Å². The van der Waals surface area contributed by atoms with Crippen molar-refractivity contribution in [2.75, 3.05) is 19.7 Å². The Balaban J connectivity index is 2.11. The number of aliphatic hydroxyl groups is 1. The molecule has 0 spiro atoms. The second-order valence-electron chi connectivity index (χ2n) is 6.75. The van der Waals surface area contributed by atoms with Crippen molar-refractivity contribution in [1.29, 1.82) is 0 Å². The van der Waals surface area contributed by atoms with E-state index in [1.165, 1.54) is 12.8 Å². The van der Waals surface area contributed by atoms with Crippen molar-refractivity contribution in [2.45, 2.75) is 58.7 Å². The summed E-state index contributed by atoms with van der Waals surface area (Å²) < 4.78 is 5.74. The molecular formula is C15H30N2O3. The Morgan fingerprint density at radius 2 is 2.00 bits per heavy atom. The highest BCUT2D eigenvalue weighted by atomic mass is 16.5. The number of aliphatic hydroxyl groups excluding tert-OH is 1. The maximum absolute atomic E-state index is 11.2. The van der Waals surface area contributed by atoms with Gasteiger partial charge in [-0.2, -0.15) is 0 Å². The number of nitrogens with two attached hydrogens (primary N) is 1. The van der Waals surface area contributed by atoms with Crippen molar-refractivity contribution in [3.8, 4) is 0 Å². The molecule has 5 nitrogen and oxygen atoms in total. The maximum Gasteiger partial charge on any atom is 0.224 e. The lowest BCUT2D eigenvalue weighted by atomic mass is 9.89. The van der Waals surface area contributed by atoms with Crippen LogP contribution in [0.1, 0.15) is 46.5 Å². The number of carbonyl (C=O) groups excluding carboxylic acids is 1. The molecule has 1 saturated carbocycles. The third-order valence-electron chi connectivity index (χ3n) is 4.10.